The summed E-state index contributed by atoms with van der Waals surface area (Å²) in [6.07, 6.45) is 6.66. The second kappa shape index (κ2) is 4.11. The third kappa shape index (κ3) is 1.66. The molecule has 2 aliphatic rings. The number of ether oxygens (including phenoxy) is 1. The van der Waals surface area contributed by atoms with Crippen molar-refractivity contribution in [2.45, 2.75) is 44.1 Å². The molecule has 0 aliphatic carbocycles. The Labute approximate surface area is 107 Å². The van der Waals surface area contributed by atoms with Crippen LogP contribution in [0.4, 0.5) is 0 Å². The van der Waals surface area contributed by atoms with Gasteiger partial charge in [-0.25, -0.2) is 0 Å². The van der Waals surface area contributed by atoms with Crippen LogP contribution in [-0.4, -0.2) is 23.2 Å². The average molecular weight is 242 g/mol. The molecule has 3 nitrogen and oxygen atoms in total. The summed E-state index contributed by atoms with van der Waals surface area (Å²) in [5.74, 6) is 0. The van der Waals surface area contributed by atoms with Crippen LogP contribution in [0.1, 0.15) is 24.8 Å². The third-order valence-corrected chi connectivity index (χ3v) is 4.33. The minimum Gasteiger partial charge on any atom is -0.373 e. The Kier molecular flexibility index (Phi) is 2.42. The van der Waals surface area contributed by atoms with Gasteiger partial charge in [0.15, 0.2) is 0 Å². The van der Waals surface area contributed by atoms with E-state index in [0.29, 0.717) is 18.2 Å². The van der Waals surface area contributed by atoms with Crippen LogP contribution in [-0.2, 0) is 11.3 Å². The lowest BCUT2D eigenvalue weighted by molar-refractivity contribution is 0.0973. The molecular weight excluding hydrogens is 224 g/mol. The number of H-pyrrole nitrogens is 1. The minimum atomic E-state index is 0.456. The maximum absolute atomic E-state index is 5.88. The maximum Gasteiger partial charge on any atom is 0.0733 e. The zero-order valence-electron chi connectivity index (χ0n) is 10.4. The summed E-state index contributed by atoms with van der Waals surface area (Å²) in [4.78, 5) is 3.33. The maximum atomic E-state index is 5.88. The SMILES string of the molecule is c1cc(CNC2CC3CCC2O3)c2[nH]ccc2c1. The van der Waals surface area contributed by atoms with Crippen molar-refractivity contribution in [3.63, 3.8) is 0 Å². The molecule has 3 heteroatoms. The topological polar surface area (TPSA) is 37.0 Å². The Morgan fingerprint density at radius 1 is 1.28 bits per heavy atom. The van der Waals surface area contributed by atoms with Gasteiger partial charge in [-0.05, 0) is 36.3 Å². The highest BCUT2D eigenvalue weighted by Crippen LogP contribution is 2.34. The van der Waals surface area contributed by atoms with Crippen molar-refractivity contribution >= 4 is 10.9 Å². The van der Waals surface area contributed by atoms with E-state index in [1.165, 1.54) is 35.7 Å². The van der Waals surface area contributed by atoms with Gasteiger partial charge in [-0.2, -0.15) is 0 Å². The van der Waals surface area contributed by atoms with Gasteiger partial charge in [0, 0.05) is 24.3 Å². The second-order valence-corrected chi connectivity index (χ2v) is 5.46. The summed E-state index contributed by atoms with van der Waals surface area (Å²) >= 11 is 0. The number of benzene rings is 1. The molecule has 1 aromatic heterocycles. The predicted molar refractivity (Wildman–Crippen MR) is 71.4 cm³/mol. The molecule has 2 fully saturated rings. The smallest absolute Gasteiger partial charge is 0.0733 e. The molecule has 2 aliphatic heterocycles. The van der Waals surface area contributed by atoms with Crippen LogP contribution in [0.5, 0.6) is 0 Å². The molecule has 2 N–H and O–H groups in total. The summed E-state index contributed by atoms with van der Waals surface area (Å²) in [6.45, 7) is 0.926. The molecule has 0 spiro atoms. The zero-order valence-corrected chi connectivity index (χ0v) is 10.4. The Hall–Kier alpha value is -1.32. The first kappa shape index (κ1) is 10.6. The Morgan fingerprint density at radius 3 is 3.11 bits per heavy atom. The molecule has 94 valence electrons. The summed E-state index contributed by atoms with van der Waals surface area (Å²) in [6, 6.07) is 9.15. The summed E-state index contributed by atoms with van der Waals surface area (Å²) in [5, 5.41) is 4.96. The molecule has 2 aromatic rings. The van der Waals surface area contributed by atoms with Gasteiger partial charge in [-0.15, -0.1) is 0 Å². The van der Waals surface area contributed by atoms with Crippen LogP contribution in [0, 0.1) is 0 Å². The molecule has 0 saturated carbocycles. The first-order valence-electron chi connectivity index (χ1n) is 6.84. The van der Waals surface area contributed by atoms with E-state index in [9.17, 15) is 0 Å². The first-order valence-corrected chi connectivity index (χ1v) is 6.84. The highest BCUT2D eigenvalue weighted by atomic mass is 16.5. The number of aromatic nitrogens is 1. The molecule has 3 unspecified atom stereocenters. The largest absolute Gasteiger partial charge is 0.373 e. The molecule has 3 atom stereocenters. The van der Waals surface area contributed by atoms with E-state index in [0.717, 1.165) is 6.54 Å². The van der Waals surface area contributed by atoms with E-state index in [2.05, 4.69) is 34.6 Å². The fourth-order valence-corrected chi connectivity index (χ4v) is 3.39. The number of aromatic amines is 1. The van der Waals surface area contributed by atoms with Gasteiger partial charge in [0.1, 0.15) is 0 Å². The molecular formula is C15H18N2O. The standard InChI is InChI=1S/C15H18N2O/c1-2-10-6-7-16-15(10)11(3-1)9-17-13-8-12-4-5-14(13)18-12/h1-3,6-7,12-14,16-17H,4-5,8-9H2. The Morgan fingerprint density at radius 2 is 2.28 bits per heavy atom. The zero-order chi connectivity index (χ0) is 11.9. The fraction of sp³-hybridized carbons (Fsp3) is 0.467. The minimum absolute atomic E-state index is 0.456. The molecule has 3 heterocycles. The number of hydrogen-bond donors (Lipinski definition) is 2. The van der Waals surface area contributed by atoms with E-state index < -0.39 is 0 Å². The van der Waals surface area contributed by atoms with Crippen molar-refractivity contribution < 1.29 is 4.74 Å². The predicted octanol–water partition coefficient (Wildman–Crippen LogP) is 2.58. The quantitative estimate of drug-likeness (QED) is 0.868. The van der Waals surface area contributed by atoms with Gasteiger partial charge >= 0.3 is 0 Å². The van der Waals surface area contributed by atoms with Gasteiger partial charge in [0.05, 0.1) is 12.2 Å². The van der Waals surface area contributed by atoms with E-state index >= 15 is 0 Å². The highest BCUT2D eigenvalue weighted by Gasteiger charge is 2.40. The summed E-state index contributed by atoms with van der Waals surface area (Å²) < 4.78 is 5.88. The molecule has 0 amide bonds. The first-order chi connectivity index (χ1) is 8.90. The van der Waals surface area contributed by atoms with E-state index in [-0.39, 0.29) is 0 Å². The van der Waals surface area contributed by atoms with Gasteiger partial charge in [0.25, 0.3) is 0 Å². The normalized spacial score (nSPS) is 30.3. The summed E-state index contributed by atoms with van der Waals surface area (Å²) in [5.41, 5.74) is 2.61. The number of rotatable bonds is 3. The molecule has 18 heavy (non-hydrogen) atoms. The molecule has 4 rings (SSSR count). The van der Waals surface area contributed by atoms with E-state index in [4.69, 9.17) is 4.74 Å². The number of para-hydroxylation sites is 1. The Bertz CT molecular complexity index is 562. The van der Waals surface area contributed by atoms with Gasteiger partial charge in [-0.3, -0.25) is 0 Å². The number of nitrogens with one attached hydrogen (secondary N) is 2. The highest BCUT2D eigenvalue weighted by molar-refractivity contribution is 5.82. The van der Waals surface area contributed by atoms with Crippen molar-refractivity contribution in [1.82, 2.24) is 10.3 Å². The molecule has 2 bridgehead atoms. The van der Waals surface area contributed by atoms with Crippen molar-refractivity contribution in [2.24, 2.45) is 0 Å². The average Bonchev–Trinajstić information content (AvgIpc) is 3.11. The number of hydrogen-bond acceptors (Lipinski definition) is 2. The van der Waals surface area contributed by atoms with Crippen molar-refractivity contribution in [2.75, 3.05) is 0 Å². The van der Waals surface area contributed by atoms with Gasteiger partial charge < -0.3 is 15.0 Å². The third-order valence-electron chi connectivity index (χ3n) is 4.33. The van der Waals surface area contributed by atoms with E-state index in [1.807, 2.05) is 6.20 Å². The fourth-order valence-electron chi connectivity index (χ4n) is 3.39. The molecule has 1 aromatic carbocycles. The lowest BCUT2D eigenvalue weighted by Crippen LogP contribution is -2.37. The van der Waals surface area contributed by atoms with Gasteiger partial charge in [-0.1, -0.05) is 18.2 Å². The summed E-state index contributed by atoms with van der Waals surface area (Å²) in [7, 11) is 0. The van der Waals surface area contributed by atoms with Crippen molar-refractivity contribution in [3.05, 3.63) is 36.0 Å². The van der Waals surface area contributed by atoms with Crippen LogP contribution in [0.25, 0.3) is 10.9 Å². The van der Waals surface area contributed by atoms with Crippen LogP contribution in [0.2, 0.25) is 0 Å². The van der Waals surface area contributed by atoms with Crippen LogP contribution in [0.3, 0.4) is 0 Å². The van der Waals surface area contributed by atoms with E-state index in [1.54, 1.807) is 0 Å². The second-order valence-electron chi connectivity index (χ2n) is 5.46. The molecule has 2 saturated heterocycles. The van der Waals surface area contributed by atoms with Crippen LogP contribution >= 0.6 is 0 Å². The van der Waals surface area contributed by atoms with Crippen molar-refractivity contribution in [1.29, 1.82) is 0 Å². The van der Waals surface area contributed by atoms with Gasteiger partial charge in [0.2, 0.25) is 0 Å². The van der Waals surface area contributed by atoms with Crippen LogP contribution in [0.15, 0.2) is 30.5 Å². The lowest BCUT2D eigenvalue weighted by Gasteiger charge is -2.20. The molecule has 0 radical (unpaired) electrons. The lowest BCUT2D eigenvalue weighted by atomic mass is 9.95. The number of fused-ring (bicyclic) bond motifs is 3. The van der Waals surface area contributed by atoms with Crippen LogP contribution < -0.4 is 5.32 Å². The van der Waals surface area contributed by atoms with Crippen molar-refractivity contribution in [3.8, 4) is 0 Å². The Balaban J connectivity index is 1.50. The monoisotopic (exact) mass is 242 g/mol.